The molecule has 3 aliphatic heterocycles. The quantitative estimate of drug-likeness (QED) is 0.299. The third-order valence-electron chi connectivity index (χ3n) is 8.59. The van der Waals surface area contributed by atoms with Crippen molar-refractivity contribution < 1.29 is 19.0 Å². The number of anilines is 3. The minimum absolute atomic E-state index is 0.0178. The molecular formula is C29H30FN7O4. The Kier molecular flexibility index (Phi) is 5.80. The summed E-state index contributed by atoms with van der Waals surface area (Å²) in [6, 6.07) is 3.17. The number of morpholine rings is 1. The Morgan fingerprint density at radius 1 is 1.27 bits per heavy atom. The molecule has 0 spiro atoms. The van der Waals surface area contributed by atoms with Gasteiger partial charge in [-0.05, 0) is 30.8 Å². The lowest BCUT2D eigenvalue weighted by atomic mass is 9.96. The highest BCUT2D eigenvalue weighted by atomic mass is 19.1. The summed E-state index contributed by atoms with van der Waals surface area (Å²) in [5.41, 5.74) is 3.88. The number of ether oxygens (including phenoxy) is 1. The second-order valence-corrected chi connectivity index (χ2v) is 10.9. The molecule has 0 aliphatic carbocycles. The molecule has 3 aromatic heterocycles. The summed E-state index contributed by atoms with van der Waals surface area (Å²) in [4.78, 5) is 37.7. The van der Waals surface area contributed by atoms with Crippen LogP contribution in [0.2, 0.25) is 0 Å². The topological polar surface area (TPSA) is 128 Å². The van der Waals surface area contributed by atoms with Gasteiger partial charge in [-0.2, -0.15) is 0 Å². The molecule has 1 aromatic carbocycles. The van der Waals surface area contributed by atoms with Gasteiger partial charge in [-0.3, -0.25) is 9.69 Å². The number of likely N-dealkylation sites (N-methyl/N-ethyl adjacent to an activating group) is 1. The number of benzene rings is 1. The molecule has 12 heteroatoms. The molecule has 3 aliphatic rings. The molecule has 6 heterocycles. The number of carboxylic acids is 1. The predicted molar refractivity (Wildman–Crippen MR) is 156 cm³/mol. The summed E-state index contributed by atoms with van der Waals surface area (Å²) >= 11 is 0. The molecule has 0 saturated carbocycles. The number of fused-ring (bicyclic) bond motifs is 5. The van der Waals surface area contributed by atoms with Crippen LogP contribution in [-0.2, 0) is 11.8 Å². The zero-order chi connectivity index (χ0) is 28.6. The van der Waals surface area contributed by atoms with Crippen LogP contribution in [0.15, 0.2) is 29.3 Å². The third-order valence-corrected chi connectivity index (χ3v) is 8.59. The lowest BCUT2D eigenvalue weighted by Crippen LogP contribution is -2.48. The van der Waals surface area contributed by atoms with E-state index in [4.69, 9.17) is 9.72 Å². The molecule has 0 amide bonds. The number of aromatic amines is 1. The fourth-order valence-electron chi connectivity index (χ4n) is 6.55. The van der Waals surface area contributed by atoms with Gasteiger partial charge >= 0.3 is 5.97 Å². The first kappa shape index (κ1) is 25.5. The molecule has 41 heavy (non-hydrogen) atoms. The van der Waals surface area contributed by atoms with Crippen LogP contribution < -0.4 is 21.0 Å². The number of halogens is 1. The maximum absolute atomic E-state index is 14.9. The van der Waals surface area contributed by atoms with Crippen LogP contribution in [-0.4, -0.2) is 89.5 Å². The van der Waals surface area contributed by atoms with Crippen molar-refractivity contribution in [2.75, 3.05) is 62.4 Å². The van der Waals surface area contributed by atoms with Crippen LogP contribution in [0.3, 0.4) is 0 Å². The van der Waals surface area contributed by atoms with E-state index in [-0.39, 0.29) is 29.1 Å². The Hall–Kier alpha value is -4.42. The first-order chi connectivity index (χ1) is 19.7. The van der Waals surface area contributed by atoms with Crippen LogP contribution in [0.5, 0.6) is 0 Å². The highest BCUT2D eigenvalue weighted by Crippen LogP contribution is 2.43. The van der Waals surface area contributed by atoms with Gasteiger partial charge in [0.1, 0.15) is 22.8 Å². The second kappa shape index (κ2) is 9.32. The monoisotopic (exact) mass is 559 g/mol. The number of hydrogen-bond acceptors (Lipinski definition) is 8. The Balaban J connectivity index is 1.49. The molecule has 7 rings (SSSR count). The highest BCUT2D eigenvalue weighted by Gasteiger charge is 2.40. The van der Waals surface area contributed by atoms with E-state index >= 15 is 0 Å². The number of aryl methyl sites for hydroxylation is 1. The smallest absolute Gasteiger partial charge is 0.341 e. The second-order valence-electron chi connectivity index (χ2n) is 10.9. The number of carboxylic acid groups (broad SMARTS) is 1. The van der Waals surface area contributed by atoms with Crippen molar-refractivity contribution in [3.05, 3.63) is 57.3 Å². The lowest BCUT2D eigenvalue weighted by Gasteiger charge is -2.33. The summed E-state index contributed by atoms with van der Waals surface area (Å²) in [6.07, 6.45) is 4.88. The van der Waals surface area contributed by atoms with Gasteiger partial charge in [-0.25, -0.2) is 14.2 Å². The van der Waals surface area contributed by atoms with Gasteiger partial charge in [0.2, 0.25) is 5.43 Å². The Bertz CT molecular complexity index is 1840. The van der Waals surface area contributed by atoms with E-state index in [1.807, 2.05) is 0 Å². The summed E-state index contributed by atoms with van der Waals surface area (Å²) in [5.74, 6) is -1.09. The Labute approximate surface area is 234 Å². The fourth-order valence-corrected chi connectivity index (χ4v) is 6.55. The molecule has 212 valence electrons. The summed E-state index contributed by atoms with van der Waals surface area (Å²) in [6.45, 7) is 3.25. The minimum Gasteiger partial charge on any atom is -0.477 e. The van der Waals surface area contributed by atoms with Crippen molar-refractivity contribution in [1.29, 1.82) is 0 Å². The number of pyridine rings is 2. The molecule has 11 nitrogen and oxygen atoms in total. The number of aromatic nitrogens is 3. The van der Waals surface area contributed by atoms with Gasteiger partial charge in [0.15, 0.2) is 0 Å². The van der Waals surface area contributed by atoms with E-state index in [0.717, 1.165) is 34.3 Å². The first-order valence-corrected chi connectivity index (χ1v) is 13.6. The average molecular weight is 560 g/mol. The van der Waals surface area contributed by atoms with Crippen molar-refractivity contribution in [2.45, 2.75) is 12.1 Å². The van der Waals surface area contributed by atoms with Gasteiger partial charge in [0, 0.05) is 63.6 Å². The van der Waals surface area contributed by atoms with Crippen molar-refractivity contribution >= 4 is 56.7 Å². The first-order valence-electron chi connectivity index (χ1n) is 13.6. The number of aromatic carboxylic acids is 1. The summed E-state index contributed by atoms with van der Waals surface area (Å²) in [7, 11) is 5.56. The van der Waals surface area contributed by atoms with Gasteiger partial charge < -0.3 is 34.9 Å². The molecule has 0 unspecified atom stereocenters. The van der Waals surface area contributed by atoms with E-state index in [2.05, 4.69) is 32.5 Å². The van der Waals surface area contributed by atoms with Crippen LogP contribution in [0.4, 0.5) is 21.6 Å². The van der Waals surface area contributed by atoms with E-state index in [0.29, 0.717) is 48.8 Å². The molecule has 0 radical (unpaired) electrons. The van der Waals surface area contributed by atoms with Crippen LogP contribution in [0, 0.1) is 5.82 Å². The lowest BCUT2D eigenvalue weighted by molar-refractivity contribution is -0.0362. The van der Waals surface area contributed by atoms with Gasteiger partial charge in [0.05, 0.1) is 46.6 Å². The number of H-pyrrole nitrogens is 1. The molecule has 0 bridgehead atoms. The van der Waals surface area contributed by atoms with Crippen molar-refractivity contribution in [3.63, 3.8) is 0 Å². The summed E-state index contributed by atoms with van der Waals surface area (Å²) < 4.78 is 22.7. The van der Waals surface area contributed by atoms with Gasteiger partial charge in [-0.15, -0.1) is 0 Å². The number of nitrogens with one attached hydrogen (secondary N) is 3. The van der Waals surface area contributed by atoms with Crippen LogP contribution >= 0.6 is 0 Å². The van der Waals surface area contributed by atoms with Crippen LogP contribution in [0.25, 0.3) is 33.6 Å². The average Bonchev–Trinajstić information content (AvgIpc) is 3.56. The van der Waals surface area contributed by atoms with Crippen molar-refractivity contribution in [2.24, 2.45) is 7.05 Å². The SMILES string of the molecule is CNc1cc(F)cc2c1[nH]c1ncc(C3=Cc4c(n(C)cc(C(=O)O)c4=O)NC3)c(N3C[C@H]4OCCN(C)[C@H]4C3)c12. The molecule has 2 atom stereocenters. The highest BCUT2D eigenvalue weighted by molar-refractivity contribution is 6.17. The molecule has 4 aromatic rings. The van der Waals surface area contributed by atoms with E-state index in [1.54, 1.807) is 30.9 Å². The van der Waals surface area contributed by atoms with E-state index in [1.165, 1.54) is 18.3 Å². The summed E-state index contributed by atoms with van der Waals surface area (Å²) in [5, 5.41) is 17.5. The Morgan fingerprint density at radius 3 is 2.85 bits per heavy atom. The maximum Gasteiger partial charge on any atom is 0.341 e. The molecular weight excluding hydrogens is 529 g/mol. The minimum atomic E-state index is -1.28. The third kappa shape index (κ3) is 3.89. The number of rotatable bonds is 4. The normalized spacial score (nSPS) is 20.6. The number of nitrogens with zero attached hydrogens (tertiary/aromatic N) is 4. The maximum atomic E-state index is 14.9. The largest absolute Gasteiger partial charge is 0.477 e. The van der Waals surface area contributed by atoms with Crippen molar-refractivity contribution in [3.8, 4) is 0 Å². The Morgan fingerprint density at radius 2 is 2.10 bits per heavy atom. The zero-order valence-corrected chi connectivity index (χ0v) is 22.9. The molecule has 4 N–H and O–H groups in total. The van der Waals surface area contributed by atoms with Crippen molar-refractivity contribution in [1.82, 2.24) is 19.4 Å². The predicted octanol–water partition coefficient (Wildman–Crippen LogP) is 2.78. The van der Waals surface area contributed by atoms with E-state index in [9.17, 15) is 19.1 Å². The molecule has 2 saturated heterocycles. The standard InChI is InChI=1S/C29H30FN7O4/c1-31-20-8-15(30)7-16-23-25(37-12-21-22(13-37)41-5-4-35(21)2)18(10-32-27(23)34-24(16)20)14-6-17-26(38)19(29(39)40)11-36(3)28(17)33-9-14/h6-8,10-11,21-22,31,33H,4-5,9,12-13H2,1-3H3,(H,32,34)(H,39,40)/t21-,22+/m0/s1. The fraction of sp³-hybridized carbons (Fsp3) is 0.345. The van der Waals surface area contributed by atoms with E-state index < -0.39 is 11.4 Å². The van der Waals surface area contributed by atoms with Gasteiger partial charge in [0.25, 0.3) is 0 Å². The zero-order valence-electron chi connectivity index (χ0n) is 22.9. The number of carbonyl (C=O) groups is 1. The van der Waals surface area contributed by atoms with Crippen LogP contribution in [0.1, 0.15) is 21.5 Å². The number of hydrogen-bond donors (Lipinski definition) is 4. The van der Waals surface area contributed by atoms with Gasteiger partial charge in [-0.1, -0.05) is 0 Å². The molecule has 2 fully saturated rings.